The Morgan fingerprint density at radius 2 is 2.47 bits per heavy atom. The Morgan fingerprint density at radius 1 is 1.53 bits per heavy atom. The summed E-state index contributed by atoms with van der Waals surface area (Å²) >= 11 is 1.72. The third kappa shape index (κ3) is 2.12. The predicted molar refractivity (Wildman–Crippen MR) is 68.7 cm³/mol. The second-order valence-electron chi connectivity index (χ2n) is 4.20. The van der Waals surface area contributed by atoms with Crippen molar-refractivity contribution in [3.63, 3.8) is 0 Å². The fourth-order valence-corrected chi connectivity index (χ4v) is 2.96. The van der Waals surface area contributed by atoms with Crippen LogP contribution in [0.1, 0.15) is 18.2 Å². The molecule has 1 fully saturated rings. The molecule has 0 amide bonds. The van der Waals surface area contributed by atoms with E-state index < -0.39 is 0 Å². The number of hydrogen-bond acceptors (Lipinski definition) is 5. The predicted octanol–water partition coefficient (Wildman–Crippen LogP) is 1.99. The van der Waals surface area contributed by atoms with Gasteiger partial charge in [0.2, 0.25) is 5.88 Å². The molecule has 1 saturated heterocycles. The third-order valence-electron chi connectivity index (χ3n) is 2.99. The average molecular weight is 249 g/mol. The van der Waals surface area contributed by atoms with Crippen LogP contribution in [-0.4, -0.2) is 29.2 Å². The molecule has 1 atom stereocenters. The lowest BCUT2D eigenvalue weighted by atomic mass is 10.3. The van der Waals surface area contributed by atoms with E-state index in [1.54, 1.807) is 17.7 Å². The number of aryl methyl sites for hydroxylation is 1. The lowest BCUT2D eigenvalue weighted by Crippen LogP contribution is -2.20. The number of nitrogens with zero attached hydrogens (tertiary/aromatic N) is 2. The zero-order valence-corrected chi connectivity index (χ0v) is 10.6. The summed E-state index contributed by atoms with van der Waals surface area (Å²) in [6, 6.07) is 2.15. The van der Waals surface area contributed by atoms with Gasteiger partial charge in [-0.2, -0.15) is 0 Å². The van der Waals surface area contributed by atoms with E-state index in [0.717, 1.165) is 42.0 Å². The fraction of sp³-hybridized carbons (Fsp3) is 0.500. The summed E-state index contributed by atoms with van der Waals surface area (Å²) < 4.78 is 5.94. The topological polar surface area (TPSA) is 47.0 Å². The molecule has 17 heavy (non-hydrogen) atoms. The van der Waals surface area contributed by atoms with E-state index in [1.807, 2.05) is 0 Å². The molecular weight excluding hydrogens is 234 g/mol. The second-order valence-corrected chi connectivity index (χ2v) is 5.31. The van der Waals surface area contributed by atoms with Crippen molar-refractivity contribution in [1.29, 1.82) is 0 Å². The third-order valence-corrected chi connectivity index (χ3v) is 4.17. The summed E-state index contributed by atoms with van der Waals surface area (Å²) in [4.78, 5) is 10.9. The van der Waals surface area contributed by atoms with E-state index in [9.17, 15) is 0 Å². The van der Waals surface area contributed by atoms with Crippen molar-refractivity contribution in [1.82, 2.24) is 15.3 Å². The summed E-state index contributed by atoms with van der Waals surface area (Å²) in [5, 5.41) is 4.35. The summed E-state index contributed by atoms with van der Waals surface area (Å²) in [7, 11) is 0. The quantitative estimate of drug-likeness (QED) is 0.903. The SMILES string of the molecule is CCc1cc2c(OC3CCNC3)ncnc2s1. The molecule has 1 unspecified atom stereocenters. The Bertz CT molecular complexity index is 519. The monoisotopic (exact) mass is 249 g/mol. The van der Waals surface area contributed by atoms with Gasteiger partial charge in [-0.15, -0.1) is 11.3 Å². The smallest absolute Gasteiger partial charge is 0.225 e. The van der Waals surface area contributed by atoms with Gasteiger partial charge in [0.25, 0.3) is 0 Å². The maximum absolute atomic E-state index is 5.94. The fourth-order valence-electron chi connectivity index (χ4n) is 2.04. The highest BCUT2D eigenvalue weighted by Crippen LogP contribution is 2.30. The van der Waals surface area contributed by atoms with Crippen LogP contribution in [0.4, 0.5) is 0 Å². The first kappa shape index (κ1) is 10.9. The Morgan fingerprint density at radius 3 is 3.24 bits per heavy atom. The van der Waals surface area contributed by atoms with E-state index in [-0.39, 0.29) is 6.10 Å². The van der Waals surface area contributed by atoms with Gasteiger partial charge in [0, 0.05) is 11.4 Å². The Balaban J connectivity index is 1.94. The van der Waals surface area contributed by atoms with Gasteiger partial charge < -0.3 is 10.1 Å². The molecule has 1 aliphatic rings. The zero-order valence-electron chi connectivity index (χ0n) is 9.77. The number of rotatable bonds is 3. The molecule has 0 spiro atoms. The Labute approximate surface area is 104 Å². The van der Waals surface area contributed by atoms with Crippen molar-refractivity contribution in [3.8, 4) is 5.88 Å². The lowest BCUT2D eigenvalue weighted by molar-refractivity contribution is 0.217. The van der Waals surface area contributed by atoms with Crippen LogP contribution in [0.25, 0.3) is 10.2 Å². The van der Waals surface area contributed by atoms with Crippen molar-refractivity contribution in [2.75, 3.05) is 13.1 Å². The molecule has 4 nitrogen and oxygen atoms in total. The van der Waals surface area contributed by atoms with Crippen LogP contribution in [0, 0.1) is 0 Å². The van der Waals surface area contributed by atoms with Crippen LogP contribution in [0.3, 0.4) is 0 Å². The van der Waals surface area contributed by atoms with Gasteiger partial charge in [0.1, 0.15) is 17.3 Å². The molecule has 1 aliphatic heterocycles. The molecule has 0 radical (unpaired) electrons. The van der Waals surface area contributed by atoms with E-state index in [1.165, 1.54) is 4.88 Å². The van der Waals surface area contributed by atoms with E-state index in [0.29, 0.717) is 0 Å². The highest BCUT2D eigenvalue weighted by molar-refractivity contribution is 7.18. The van der Waals surface area contributed by atoms with E-state index >= 15 is 0 Å². The summed E-state index contributed by atoms with van der Waals surface area (Å²) in [6.45, 7) is 4.10. The first-order valence-electron chi connectivity index (χ1n) is 5.97. The van der Waals surface area contributed by atoms with Crippen molar-refractivity contribution in [2.24, 2.45) is 0 Å². The number of aromatic nitrogens is 2. The van der Waals surface area contributed by atoms with Gasteiger partial charge in [0.15, 0.2) is 0 Å². The van der Waals surface area contributed by atoms with Gasteiger partial charge in [-0.1, -0.05) is 6.92 Å². The Kier molecular flexibility index (Phi) is 2.94. The molecule has 0 aliphatic carbocycles. The molecule has 3 rings (SSSR count). The summed E-state index contributed by atoms with van der Waals surface area (Å²) in [5.74, 6) is 0.736. The zero-order chi connectivity index (χ0) is 11.7. The largest absolute Gasteiger partial charge is 0.472 e. The number of hydrogen-bond donors (Lipinski definition) is 1. The van der Waals surface area contributed by atoms with E-state index in [4.69, 9.17) is 4.74 Å². The average Bonchev–Trinajstić information content (AvgIpc) is 2.97. The maximum atomic E-state index is 5.94. The van der Waals surface area contributed by atoms with Gasteiger partial charge in [-0.05, 0) is 25.5 Å². The van der Waals surface area contributed by atoms with Crippen LogP contribution >= 0.6 is 11.3 Å². The minimum atomic E-state index is 0.248. The second kappa shape index (κ2) is 4.58. The first-order valence-corrected chi connectivity index (χ1v) is 6.79. The number of ether oxygens (including phenoxy) is 1. The molecule has 1 N–H and O–H groups in total. The highest BCUT2D eigenvalue weighted by atomic mass is 32.1. The Hall–Kier alpha value is -1.20. The number of nitrogens with one attached hydrogen (secondary N) is 1. The summed E-state index contributed by atoms with van der Waals surface area (Å²) in [6.07, 6.45) is 3.93. The molecule has 2 aromatic rings. The van der Waals surface area contributed by atoms with Crippen molar-refractivity contribution >= 4 is 21.6 Å². The number of thiophene rings is 1. The standard InChI is InChI=1S/C12H15N3OS/c1-2-9-5-10-11(14-7-15-12(10)17-9)16-8-3-4-13-6-8/h5,7-8,13H,2-4,6H2,1H3. The van der Waals surface area contributed by atoms with Crippen molar-refractivity contribution in [2.45, 2.75) is 25.9 Å². The van der Waals surface area contributed by atoms with Crippen LogP contribution < -0.4 is 10.1 Å². The molecule has 90 valence electrons. The normalized spacial score (nSPS) is 19.9. The van der Waals surface area contributed by atoms with Crippen LogP contribution in [-0.2, 0) is 6.42 Å². The van der Waals surface area contributed by atoms with Crippen LogP contribution in [0.2, 0.25) is 0 Å². The molecule has 5 heteroatoms. The van der Waals surface area contributed by atoms with Gasteiger partial charge in [-0.3, -0.25) is 0 Å². The summed E-state index contributed by atoms with van der Waals surface area (Å²) in [5.41, 5.74) is 0. The first-order chi connectivity index (χ1) is 8.36. The molecule has 0 bridgehead atoms. The minimum Gasteiger partial charge on any atom is -0.472 e. The van der Waals surface area contributed by atoms with Crippen LogP contribution in [0.5, 0.6) is 5.88 Å². The van der Waals surface area contributed by atoms with Gasteiger partial charge in [0.05, 0.1) is 5.39 Å². The van der Waals surface area contributed by atoms with Crippen LogP contribution in [0.15, 0.2) is 12.4 Å². The van der Waals surface area contributed by atoms with Gasteiger partial charge in [-0.25, -0.2) is 9.97 Å². The minimum absolute atomic E-state index is 0.248. The van der Waals surface area contributed by atoms with Crippen molar-refractivity contribution in [3.05, 3.63) is 17.3 Å². The van der Waals surface area contributed by atoms with E-state index in [2.05, 4.69) is 28.3 Å². The molecular formula is C12H15N3OS. The lowest BCUT2D eigenvalue weighted by Gasteiger charge is -2.11. The number of fused-ring (bicyclic) bond motifs is 1. The molecule has 3 heterocycles. The highest BCUT2D eigenvalue weighted by Gasteiger charge is 2.18. The molecule has 0 aromatic carbocycles. The molecule has 0 saturated carbocycles. The maximum Gasteiger partial charge on any atom is 0.225 e. The van der Waals surface area contributed by atoms with Crippen molar-refractivity contribution < 1.29 is 4.74 Å². The van der Waals surface area contributed by atoms with Gasteiger partial charge >= 0.3 is 0 Å². The molecule has 2 aromatic heterocycles.